The lowest BCUT2D eigenvalue weighted by molar-refractivity contribution is 0.179. The number of benzene rings is 1. The van der Waals surface area contributed by atoms with Crippen molar-refractivity contribution in [3.8, 4) is 22.5 Å². The molecule has 3 aromatic rings. The average molecular weight is 415 g/mol. The van der Waals surface area contributed by atoms with Gasteiger partial charge in [0.25, 0.3) is 5.56 Å². The maximum Gasteiger partial charge on any atom is 0.274 e. The number of ether oxygens (including phenoxy) is 2. The van der Waals surface area contributed by atoms with Crippen molar-refractivity contribution in [2.24, 2.45) is 7.05 Å². The maximum atomic E-state index is 13.5. The molecule has 2 heterocycles. The van der Waals surface area contributed by atoms with Gasteiger partial charge < -0.3 is 14.8 Å². The van der Waals surface area contributed by atoms with Crippen LogP contribution in [0.4, 0.5) is 10.3 Å². The highest BCUT2D eigenvalue weighted by molar-refractivity contribution is 5.79. The highest BCUT2D eigenvalue weighted by Crippen LogP contribution is 2.29. The average Bonchev–Trinajstić information content (AvgIpc) is 2.98. The van der Waals surface area contributed by atoms with Gasteiger partial charge in [-0.2, -0.15) is 0 Å². The molecule has 2 aromatic heterocycles. The van der Waals surface area contributed by atoms with Crippen LogP contribution < -0.4 is 10.9 Å². The van der Waals surface area contributed by atoms with Crippen molar-refractivity contribution < 1.29 is 13.9 Å². The molecule has 1 aromatic carbocycles. The maximum absolute atomic E-state index is 13.5. The Kier molecular flexibility index (Phi) is 6.96. The first-order chi connectivity index (χ1) is 14.5. The summed E-state index contributed by atoms with van der Waals surface area (Å²) in [5.74, 6) is 0.0632. The minimum absolute atomic E-state index is 0.00766. The fourth-order valence-corrected chi connectivity index (χ4v) is 3.30. The zero-order chi connectivity index (χ0) is 21.7. The largest absolute Gasteiger partial charge is 0.383 e. The van der Waals surface area contributed by atoms with Gasteiger partial charge in [0.05, 0.1) is 36.7 Å². The number of rotatable bonds is 9. The first-order valence-corrected chi connectivity index (χ1v) is 9.59. The van der Waals surface area contributed by atoms with Gasteiger partial charge in [0.1, 0.15) is 5.82 Å². The molecule has 1 N–H and O–H groups in total. The number of aromatic nitrogens is 4. The monoisotopic (exact) mass is 415 g/mol. The zero-order valence-electron chi connectivity index (χ0n) is 17.6. The van der Waals surface area contributed by atoms with E-state index in [2.05, 4.69) is 15.3 Å². The Morgan fingerprint density at radius 2 is 1.90 bits per heavy atom. The van der Waals surface area contributed by atoms with Gasteiger partial charge in [-0.05, 0) is 30.7 Å². The van der Waals surface area contributed by atoms with Gasteiger partial charge in [-0.15, -0.1) is 0 Å². The van der Waals surface area contributed by atoms with E-state index in [1.165, 1.54) is 16.8 Å². The Bertz CT molecular complexity index is 1050. The predicted octanol–water partition coefficient (Wildman–Crippen LogP) is 2.54. The summed E-state index contributed by atoms with van der Waals surface area (Å²) in [6, 6.07) is 7.62. The highest BCUT2D eigenvalue weighted by Gasteiger charge is 2.22. The molecule has 0 radical (unpaired) electrons. The molecule has 0 aliphatic rings. The van der Waals surface area contributed by atoms with Gasteiger partial charge in [-0.25, -0.2) is 14.4 Å². The number of nitrogens with one attached hydrogen (secondary N) is 1. The van der Waals surface area contributed by atoms with Crippen LogP contribution >= 0.6 is 0 Å². The molecule has 0 fully saturated rings. The van der Waals surface area contributed by atoms with E-state index in [1.807, 2.05) is 11.6 Å². The third kappa shape index (κ3) is 4.58. The quantitative estimate of drug-likeness (QED) is 0.578. The highest BCUT2D eigenvalue weighted by atomic mass is 19.1. The number of hydrogen-bond donors (Lipinski definition) is 1. The lowest BCUT2D eigenvalue weighted by Gasteiger charge is -2.15. The molecule has 3 rings (SSSR count). The van der Waals surface area contributed by atoms with E-state index in [0.717, 1.165) is 0 Å². The van der Waals surface area contributed by atoms with E-state index in [9.17, 15) is 9.18 Å². The van der Waals surface area contributed by atoms with Crippen LogP contribution in [0.3, 0.4) is 0 Å². The number of hydrogen-bond acceptors (Lipinski definition) is 6. The number of anilines is 1. The van der Waals surface area contributed by atoms with Gasteiger partial charge in [0.2, 0.25) is 5.95 Å². The van der Waals surface area contributed by atoms with Gasteiger partial charge in [-0.3, -0.25) is 14.2 Å². The molecule has 30 heavy (non-hydrogen) atoms. The number of nitrogens with zero attached hydrogens (tertiary/aromatic N) is 4. The fourth-order valence-electron chi connectivity index (χ4n) is 3.30. The smallest absolute Gasteiger partial charge is 0.274 e. The molecule has 0 aliphatic heterocycles. The molecule has 1 atom stereocenters. The van der Waals surface area contributed by atoms with Crippen molar-refractivity contribution in [2.45, 2.75) is 19.5 Å². The van der Waals surface area contributed by atoms with Crippen LogP contribution in [0.25, 0.3) is 22.5 Å². The van der Waals surface area contributed by atoms with E-state index in [0.29, 0.717) is 48.2 Å². The topological polar surface area (TPSA) is 83.2 Å². The van der Waals surface area contributed by atoms with E-state index in [4.69, 9.17) is 9.47 Å². The van der Waals surface area contributed by atoms with Crippen molar-refractivity contribution in [2.75, 3.05) is 32.8 Å². The van der Waals surface area contributed by atoms with Crippen molar-refractivity contribution >= 4 is 5.95 Å². The standard InChI is InChI=1S/C21H26FN5O3/c1-14(13-30-4)24-21-23-10-9-17(25-21)19-18(15-5-7-16(22)8-6-15)20(28)26(2)27(19)11-12-29-3/h5-10,14H,11-13H2,1-4H3,(H,23,24,25)/t14-/m1/s1. The molecule has 0 saturated heterocycles. The summed E-state index contributed by atoms with van der Waals surface area (Å²) >= 11 is 0. The molecule has 0 bridgehead atoms. The van der Waals surface area contributed by atoms with E-state index in [1.54, 1.807) is 45.7 Å². The number of halogens is 1. The van der Waals surface area contributed by atoms with Crippen molar-refractivity contribution in [1.82, 2.24) is 19.3 Å². The first kappa shape index (κ1) is 21.7. The Morgan fingerprint density at radius 3 is 2.57 bits per heavy atom. The second-order valence-corrected chi connectivity index (χ2v) is 6.94. The van der Waals surface area contributed by atoms with Crippen LogP contribution in [-0.2, 0) is 23.1 Å². The minimum atomic E-state index is -0.364. The molecule has 0 unspecified atom stereocenters. The second-order valence-electron chi connectivity index (χ2n) is 6.94. The lowest BCUT2D eigenvalue weighted by atomic mass is 10.0. The van der Waals surface area contributed by atoms with E-state index >= 15 is 0 Å². The minimum Gasteiger partial charge on any atom is -0.383 e. The predicted molar refractivity (Wildman–Crippen MR) is 113 cm³/mol. The first-order valence-electron chi connectivity index (χ1n) is 9.59. The second kappa shape index (κ2) is 9.64. The summed E-state index contributed by atoms with van der Waals surface area (Å²) in [4.78, 5) is 22.0. The van der Waals surface area contributed by atoms with Crippen LogP contribution in [0, 0.1) is 5.82 Å². The summed E-state index contributed by atoms with van der Waals surface area (Å²) in [5, 5.41) is 3.19. The van der Waals surface area contributed by atoms with Crippen LogP contribution in [-0.4, -0.2) is 52.8 Å². The Hall–Kier alpha value is -3.04. The van der Waals surface area contributed by atoms with Crippen molar-refractivity contribution in [3.05, 3.63) is 52.7 Å². The fraction of sp³-hybridized carbons (Fsp3) is 0.381. The van der Waals surface area contributed by atoms with Crippen molar-refractivity contribution in [1.29, 1.82) is 0 Å². The molecule has 0 amide bonds. The van der Waals surface area contributed by atoms with Crippen LogP contribution in [0.1, 0.15) is 6.92 Å². The van der Waals surface area contributed by atoms with Crippen LogP contribution in [0.5, 0.6) is 0 Å². The van der Waals surface area contributed by atoms with E-state index in [-0.39, 0.29) is 17.4 Å². The third-order valence-corrected chi connectivity index (χ3v) is 4.70. The molecule has 160 valence electrons. The molecular weight excluding hydrogens is 389 g/mol. The normalized spacial score (nSPS) is 12.2. The summed E-state index contributed by atoms with van der Waals surface area (Å²) in [6.07, 6.45) is 1.64. The Balaban J connectivity index is 2.16. The van der Waals surface area contributed by atoms with E-state index < -0.39 is 0 Å². The Morgan fingerprint density at radius 1 is 1.17 bits per heavy atom. The Labute approximate surface area is 174 Å². The summed E-state index contributed by atoms with van der Waals surface area (Å²) < 4.78 is 27.2. The molecular formula is C21H26FN5O3. The summed E-state index contributed by atoms with van der Waals surface area (Å²) in [6.45, 7) is 3.32. The molecule has 9 heteroatoms. The van der Waals surface area contributed by atoms with Gasteiger partial charge in [-0.1, -0.05) is 12.1 Å². The third-order valence-electron chi connectivity index (χ3n) is 4.70. The SMILES string of the molecule is COCCn1c(-c2ccnc(N[C@H](C)COC)n2)c(-c2ccc(F)cc2)c(=O)n1C. The lowest BCUT2D eigenvalue weighted by Crippen LogP contribution is -2.22. The van der Waals surface area contributed by atoms with Crippen molar-refractivity contribution in [3.63, 3.8) is 0 Å². The van der Waals surface area contributed by atoms with Crippen LogP contribution in [0.15, 0.2) is 41.3 Å². The molecule has 0 spiro atoms. The van der Waals surface area contributed by atoms with Gasteiger partial charge in [0.15, 0.2) is 0 Å². The summed E-state index contributed by atoms with van der Waals surface area (Å²) in [5.41, 5.74) is 2.06. The van der Waals surface area contributed by atoms with Gasteiger partial charge in [0, 0.05) is 33.5 Å². The van der Waals surface area contributed by atoms with Crippen LogP contribution in [0.2, 0.25) is 0 Å². The molecule has 8 nitrogen and oxygen atoms in total. The van der Waals surface area contributed by atoms with Gasteiger partial charge >= 0.3 is 0 Å². The zero-order valence-corrected chi connectivity index (χ0v) is 17.6. The summed E-state index contributed by atoms with van der Waals surface area (Å²) in [7, 11) is 4.92. The number of methoxy groups -OCH3 is 2. The molecule has 0 aliphatic carbocycles. The molecule has 0 saturated carbocycles.